The van der Waals surface area contributed by atoms with E-state index in [2.05, 4.69) is 19.7 Å². The standard InChI is InChI=1S/C6H17N2O3P/c1-6(2,3)7-8-12(9,10-4)11-5/h7H,1-5H3,(H,8,9). The fourth-order valence-corrected chi connectivity index (χ4v) is 1.21. The lowest BCUT2D eigenvalue weighted by Crippen LogP contribution is -2.44. The number of hydrogen-bond donors (Lipinski definition) is 2. The van der Waals surface area contributed by atoms with Crippen molar-refractivity contribution in [2.75, 3.05) is 14.2 Å². The predicted molar refractivity (Wildman–Crippen MR) is 47.6 cm³/mol. The van der Waals surface area contributed by atoms with Crippen LogP contribution in [0.25, 0.3) is 0 Å². The minimum Gasteiger partial charge on any atom is -0.299 e. The van der Waals surface area contributed by atoms with Gasteiger partial charge < -0.3 is 0 Å². The van der Waals surface area contributed by atoms with Gasteiger partial charge in [0.15, 0.2) is 0 Å². The molecule has 0 rings (SSSR count). The van der Waals surface area contributed by atoms with Gasteiger partial charge in [-0.15, -0.1) is 0 Å². The lowest BCUT2D eigenvalue weighted by atomic mass is 10.1. The molecule has 0 atom stereocenters. The zero-order valence-corrected chi connectivity index (χ0v) is 9.07. The molecule has 0 bridgehead atoms. The zero-order valence-electron chi connectivity index (χ0n) is 8.17. The third kappa shape index (κ3) is 4.85. The summed E-state index contributed by atoms with van der Waals surface area (Å²) in [6.07, 6.45) is 0. The minimum atomic E-state index is -3.14. The molecule has 12 heavy (non-hydrogen) atoms. The number of hydrogen-bond acceptors (Lipinski definition) is 4. The largest absolute Gasteiger partial charge is 0.418 e. The first-order chi connectivity index (χ1) is 5.33. The Morgan fingerprint density at radius 2 is 1.58 bits per heavy atom. The van der Waals surface area contributed by atoms with Gasteiger partial charge in [-0.2, -0.15) is 5.20 Å². The zero-order chi connectivity index (χ0) is 9.83. The first-order valence-corrected chi connectivity index (χ1v) is 5.13. The molecule has 0 aliphatic carbocycles. The summed E-state index contributed by atoms with van der Waals surface area (Å²) in [5, 5.41) is 2.50. The third-order valence-corrected chi connectivity index (χ3v) is 2.40. The summed E-state index contributed by atoms with van der Waals surface area (Å²) in [7, 11) is -0.497. The third-order valence-electron chi connectivity index (χ3n) is 1.05. The van der Waals surface area contributed by atoms with Gasteiger partial charge in [0.1, 0.15) is 0 Å². The molecular formula is C6H17N2O3P. The summed E-state index contributed by atoms with van der Waals surface area (Å²) in [5.41, 5.74) is 2.61. The van der Waals surface area contributed by atoms with Crippen LogP contribution < -0.4 is 10.6 Å². The van der Waals surface area contributed by atoms with Gasteiger partial charge in [0.25, 0.3) is 0 Å². The fraction of sp³-hybridized carbons (Fsp3) is 1.00. The summed E-state index contributed by atoms with van der Waals surface area (Å²) in [5.74, 6) is 0. The summed E-state index contributed by atoms with van der Waals surface area (Å²) >= 11 is 0. The molecule has 0 fully saturated rings. The highest BCUT2D eigenvalue weighted by Crippen LogP contribution is 2.40. The Morgan fingerprint density at radius 3 is 1.83 bits per heavy atom. The normalized spacial score (nSPS) is 13.4. The van der Waals surface area contributed by atoms with Crippen LogP contribution in [0.5, 0.6) is 0 Å². The fourth-order valence-electron chi connectivity index (χ4n) is 0.402. The Kier molecular flexibility index (Phi) is 4.37. The predicted octanol–water partition coefficient (Wildman–Crippen LogP) is 1.28. The molecule has 0 amide bonds. The maximum atomic E-state index is 11.4. The van der Waals surface area contributed by atoms with Crippen LogP contribution in [0.15, 0.2) is 0 Å². The van der Waals surface area contributed by atoms with Crippen molar-refractivity contribution in [2.24, 2.45) is 0 Å². The summed E-state index contributed by atoms with van der Waals surface area (Å²) < 4.78 is 20.7. The molecule has 0 saturated carbocycles. The van der Waals surface area contributed by atoms with Crippen molar-refractivity contribution in [2.45, 2.75) is 26.3 Å². The van der Waals surface area contributed by atoms with E-state index in [9.17, 15) is 4.57 Å². The van der Waals surface area contributed by atoms with E-state index in [1.807, 2.05) is 20.8 Å². The van der Waals surface area contributed by atoms with Crippen LogP contribution in [-0.4, -0.2) is 19.8 Å². The van der Waals surface area contributed by atoms with Crippen LogP contribution in [-0.2, 0) is 13.6 Å². The summed E-state index contributed by atoms with van der Waals surface area (Å²) in [4.78, 5) is 0. The van der Waals surface area contributed by atoms with Gasteiger partial charge in [0.05, 0.1) is 0 Å². The van der Waals surface area contributed by atoms with Crippen molar-refractivity contribution in [3.63, 3.8) is 0 Å². The first kappa shape index (κ1) is 12.1. The highest BCUT2D eigenvalue weighted by atomic mass is 31.2. The molecule has 0 aromatic carbocycles. The monoisotopic (exact) mass is 196 g/mol. The van der Waals surface area contributed by atoms with E-state index in [4.69, 9.17) is 0 Å². The van der Waals surface area contributed by atoms with E-state index in [-0.39, 0.29) is 5.54 Å². The smallest absolute Gasteiger partial charge is 0.299 e. The van der Waals surface area contributed by atoms with Gasteiger partial charge in [-0.25, -0.2) is 9.99 Å². The molecule has 0 aliphatic heterocycles. The van der Waals surface area contributed by atoms with Crippen molar-refractivity contribution in [3.05, 3.63) is 0 Å². The molecule has 5 nitrogen and oxygen atoms in total. The van der Waals surface area contributed by atoms with Crippen LogP contribution in [0.2, 0.25) is 0 Å². The average Bonchev–Trinajstić information content (AvgIpc) is 1.99. The van der Waals surface area contributed by atoms with Crippen LogP contribution in [0.3, 0.4) is 0 Å². The lowest BCUT2D eigenvalue weighted by molar-refractivity contribution is 0.246. The molecule has 74 valence electrons. The Labute approximate surface area is 73.4 Å². The molecule has 0 aromatic heterocycles. The molecule has 6 heteroatoms. The van der Waals surface area contributed by atoms with Crippen LogP contribution >= 0.6 is 7.75 Å². The Balaban J connectivity index is 3.99. The molecule has 0 radical (unpaired) electrons. The van der Waals surface area contributed by atoms with Crippen molar-refractivity contribution in [1.82, 2.24) is 10.6 Å². The molecule has 0 saturated heterocycles. The number of rotatable bonds is 4. The summed E-state index contributed by atoms with van der Waals surface area (Å²) in [6.45, 7) is 5.78. The van der Waals surface area contributed by atoms with Crippen molar-refractivity contribution < 1.29 is 13.6 Å². The van der Waals surface area contributed by atoms with E-state index in [0.29, 0.717) is 0 Å². The maximum absolute atomic E-state index is 11.4. The molecule has 0 aliphatic rings. The highest BCUT2D eigenvalue weighted by molar-refractivity contribution is 7.51. The quantitative estimate of drug-likeness (QED) is 0.524. The van der Waals surface area contributed by atoms with Crippen LogP contribution in [0.4, 0.5) is 0 Å². The van der Waals surface area contributed by atoms with Crippen LogP contribution in [0, 0.1) is 0 Å². The second-order valence-corrected chi connectivity index (χ2v) is 5.30. The van der Waals surface area contributed by atoms with Crippen molar-refractivity contribution >= 4 is 7.75 Å². The molecular weight excluding hydrogens is 179 g/mol. The molecule has 0 unspecified atom stereocenters. The van der Waals surface area contributed by atoms with E-state index in [1.54, 1.807) is 0 Å². The van der Waals surface area contributed by atoms with Gasteiger partial charge >= 0.3 is 7.75 Å². The van der Waals surface area contributed by atoms with Gasteiger partial charge in [-0.05, 0) is 20.8 Å². The molecule has 0 aromatic rings. The second-order valence-electron chi connectivity index (χ2n) is 3.35. The Morgan fingerprint density at radius 1 is 1.17 bits per heavy atom. The van der Waals surface area contributed by atoms with Crippen molar-refractivity contribution in [3.8, 4) is 0 Å². The second kappa shape index (κ2) is 4.35. The van der Waals surface area contributed by atoms with Gasteiger partial charge in [0.2, 0.25) is 0 Å². The summed E-state index contributed by atoms with van der Waals surface area (Å²) in [6, 6.07) is 0. The van der Waals surface area contributed by atoms with Gasteiger partial charge in [-0.1, -0.05) is 0 Å². The van der Waals surface area contributed by atoms with E-state index in [0.717, 1.165) is 0 Å². The van der Waals surface area contributed by atoms with Gasteiger partial charge in [-0.3, -0.25) is 9.05 Å². The van der Waals surface area contributed by atoms with Gasteiger partial charge in [0, 0.05) is 19.8 Å². The number of nitrogens with one attached hydrogen (secondary N) is 2. The van der Waals surface area contributed by atoms with E-state index >= 15 is 0 Å². The van der Waals surface area contributed by atoms with E-state index < -0.39 is 7.75 Å². The maximum Gasteiger partial charge on any atom is 0.418 e. The van der Waals surface area contributed by atoms with Crippen molar-refractivity contribution in [1.29, 1.82) is 0 Å². The molecule has 0 spiro atoms. The van der Waals surface area contributed by atoms with E-state index in [1.165, 1.54) is 14.2 Å². The lowest BCUT2D eigenvalue weighted by Gasteiger charge is -2.24. The molecule has 2 N–H and O–H groups in total. The molecule has 0 heterocycles. The highest BCUT2D eigenvalue weighted by Gasteiger charge is 2.22. The average molecular weight is 196 g/mol. The first-order valence-electron chi connectivity index (χ1n) is 3.59. The van der Waals surface area contributed by atoms with Crippen LogP contribution in [0.1, 0.15) is 20.8 Å². The Hall–Kier alpha value is 0.0700. The minimum absolute atomic E-state index is 0.188. The Bertz CT molecular complexity index is 170. The number of hydrazine groups is 1. The topological polar surface area (TPSA) is 59.6 Å². The SMILES string of the molecule is COP(=O)(NNC(C)(C)C)OC.